The molecule has 4 rings (SSSR count). The summed E-state index contributed by atoms with van der Waals surface area (Å²) < 4.78 is 16.0. The van der Waals surface area contributed by atoms with Crippen LogP contribution in [0.4, 0.5) is 10.1 Å². The fourth-order valence-electron chi connectivity index (χ4n) is 3.01. The molecular weight excluding hydrogens is 385 g/mol. The first-order valence-corrected chi connectivity index (χ1v) is 9.06. The normalized spacial score (nSPS) is 11.0. The number of nitrogens with zero attached hydrogens (tertiary/aromatic N) is 3. The third-order valence-corrected chi connectivity index (χ3v) is 5.19. The summed E-state index contributed by atoms with van der Waals surface area (Å²) in [7, 11) is 0. The van der Waals surface area contributed by atoms with Gasteiger partial charge in [-0.25, -0.2) is 13.8 Å². The van der Waals surface area contributed by atoms with Gasteiger partial charge in [-0.05, 0) is 41.3 Å². The van der Waals surface area contributed by atoms with Crippen LogP contribution in [0, 0.1) is 15.9 Å². The van der Waals surface area contributed by atoms with Crippen LogP contribution in [0.3, 0.4) is 0 Å². The van der Waals surface area contributed by atoms with E-state index in [0.717, 1.165) is 4.57 Å². The Balaban J connectivity index is 1.94. The SMILES string of the molecule is O=c1c2sccc2n(Cc2cccc([N+](=O)[O-])c2)c(=O)n1-c1ccc(F)cc1. The van der Waals surface area contributed by atoms with Crippen LogP contribution in [-0.4, -0.2) is 14.1 Å². The molecule has 140 valence electrons. The van der Waals surface area contributed by atoms with Gasteiger partial charge in [0.2, 0.25) is 0 Å². The van der Waals surface area contributed by atoms with Crippen molar-refractivity contribution < 1.29 is 9.31 Å². The Hall–Kier alpha value is -3.59. The summed E-state index contributed by atoms with van der Waals surface area (Å²) in [5, 5.41) is 12.7. The highest BCUT2D eigenvalue weighted by Crippen LogP contribution is 2.19. The number of rotatable bonds is 4. The van der Waals surface area contributed by atoms with E-state index in [1.807, 2.05) is 0 Å². The summed E-state index contributed by atoms with van der Waals surface area (Å²) in [4.78, 5) is 36.4. The van der Waals surface area contributed by atoms with Crippen LogP contribution in [0.2, 0.25) is 0 Å². The second kappa shape index (κ2) is 6.86. The van der Waals surface area contributed by atoms with Gasteiger partial charge in [0.05, 0.1) is 22.7 Å². The molecule has 9 heteroatoms. The van der Waals surface area contributed by atoms with Gasteiger partial charge in [-0.3, -0.25) is 19.5 Å². The van der Waals surface area contributed by atoms with E-state index in [-0.39, 0.29) is 17.9 Å². The van der Waals surface area contributed by atoms with E-state index < -0.39 is 22.0 Å². The molecule has 0 saturated heterocycles. The highest BCUT2D eigenvalue weighted by Gasteiger charge is 2.16. The van der Waals surface area contributed by atoms with Gasteiger partial charge in [0.1, 0.15) is 10.5 Å². The van der Waals surface area contributed by atoms with Crippen molar-refractivity contribution in [1.29, 1.82) is 0 Å². The number of hydrogen-bond acceptors (Lipinski definition) is 5. The molecular formula is C19H12FN3O4S. The highest BCUT2D eigenvalue weighted by atomic mass is 32.1. The number of thiophene rings is 1. The zero-order valence-electron chi connectivity index (χ0n) is 14.2. The quantitative estimate of drug-likeness (QED) is 0.390. The predicted octanol–water partition coefficient (Wildman–Crippen LogP) is 3.31. The summed E-state index contributed by atoms with van der Waals surface area (Å²) in [6.45, 7) is 0.0508. The topological polar surface area (TPSA) is 87.1 Å². The van der Waals surface area contributed by atoms with Crippen molar-refractivity contribution in [3.8, 4) is 5.69 Å². The second-order valence-corrected chi connectivity index (χ2v) is 6.96. The van der Waals surface area contributed by atoms with E-state index in [1.165, 1.54) is 52.3 Å². The lowest BCUT2D eigenvalue weighted by Crippen LogP contribution is -2.38. The van der Waals surface area contributed by atoms with Gasteiger partial charge in [-0.1, -0.05) is 12.1 Å². The Labute approximate surface area is 160 Å². The molecule has 28 heavy (non-hydrogen) atoms. The molecule has 0 spiro atoms. The van der Waals surface area contributed by atoms with Gasteiger partial charge in [0.25, 0.3) is 11.2 Å². The highest BCUT2D eigenvalue weighted by molar-refractivity contribution is 7.17. The number of halogens is 1. The summed E-state index contributed by atoms with van der Waals surface area (Å²) in [6.07, 6.45) is 0. The van der Waals surface area contributed by atoms with Crippen molar-refractivity contribution in [3.05, 3.63) is 102 Å². The first-order chi connectivity index (χ1) is 13.5. The molecule has 0 aliphatic heterocycles. The minimum atomic E-state index is -0.603. The lowest BCUT2D eigenvalue weighted by atomic mass is 10.2. The van der Waals surface area contributed by atoms with E-state index >= 15 is 0 Å². The van der Waals surface area contributed by atoms with Crippen LogP contribution in [0.15, 0.2) is 69.6 Å². The maximum Gasteiger partial charge on any atom is 0.336 e. The molecule has 0 radical (unpaired) electrons. The van der Waals surface area contributed by atoms with Crippen molar-refractivity contribution in [2.45, 2.75) is 6.54 Å². The average Bonchev–Trinajstić information content (AvgIpc) is 3.17. The zero-order valence-corrected chi connectivity index (χ0v) is 15.1. The molecule has 2 aromatic carbocycles. The molecule has 0 bridgehead atoms. The van der Waals surface area contributed by atoms with Crippen molar-refractivity contribution in [2.75, 3.05) is 0 Å². The van der Waals surface area contributed by atoms with Crippen molar-refractivity contribution in [2.24, 2.45) is 0 Å². The zero-order chi connectivity index (χ0) is 19.8. The Morgan fingerprint density at radius 2 is 1.82 bits per heavy atom. The molecule has 2 aromatic heterocycles. The molecule has 0 aliphatic rings. The minimum absolute atomic E-state index is 0.0508. The molecule has 0 N–H and O–H groups in total. The van der Waals surface area contributed by atoms with E-state index in [1.54, 1.807) is 23.6 Å². The molecule has 0 aliphatic carbocycles. The van der Waals surface area contributed by atoms with Crippen LogP contribution >= 0.6 is 11.3 Å². The maximum atomic E-state index is 13.3. The number of nitro benzene ring substituents is 1. The van der Waals surface area contributed by atoms with E-state index in [0.29, 0.717) is 15.8 Å². The Morgan fingerprint density at radius 1 is 1.07 bits per heavy atom. The van der Waals surface area contributed by atoms with Gasteiger partial charge in [-0.2, -0.15) is 0 Å². The molecule has 2 heterocycles. The number of non-ortho nitro benzene ring substituents is 1. The molecule has 0 fully saturated rings. The summed E-state index contributed by atoms with van der Waals surface area (Å²) in [5.74, 6) is -0.481. The van der Waals surface area contributed by atoms with Crippen LogP contribution < -0.4 is 11.2 Å². The monoisotopic (exact) mass is 397 g/mol. The van der Waals surface area contributed by atoms with Gasteiger partial charge in [0, 0.05) is 12.1 Å². The lowest BCUT2D eigenvalue weighted by Gasteiger charge is -2.12. The molecule has 0 amide bonds. The molecule has 7 nitrogen and oxygen atoms in total. The van der Waals surface area contributed by atoms with Crippen LogP contribution in [0.25, 0.3) is 15.9 Å². The Kier molecular flexibility index (Phi) is 4.36. The largest absolute Gasteiger partial charge is 0.336 e. The van der Waals surface area contributed by atoms with Crippen LogP contribution in [0.5, 0.6) is 0 Å². The lowest BCUT2D eigenvalue weighted by molar-refractivity contribution is -0.384. The molecule has 0 saturated carbocycles. The molecule has 0 unspecified atom stereocenters. The van der Waals surface area contributed by atoms with Crippen molar-refractivity contribution >= 4 is 27.2 Å². The van der Waals surface area contributed by atoms with Gasteiger partial charge in [-0.15, -0.1) is 11.3 Å². The second-order valence-electron chi connectivity index (χ2n) is 6.05. The first kappa shape index (κ1) is 17.8. The Bertz CT molecular complexity index is 1320. The van der Waals surface area contributed by atoms with Crippen LogP contribution in [-0.2, 0) is 6.54 Å². The van der Waals surface area contributed by atoms with E-state index in [9.17, 15) is 24.1 Å². The number of nitro groups is 1. The Morgan fingerprint density at radius 3 is 2.54 bits per heavy atom. The fourth-order valence-corrected chi connectivity index (χ4v) is 3.83. The van der Waals surface area contributed by atoms with E-state index in [2.05, 4.69) is 0 Å². The predicted molar refractivity (Wildman–Crippen MR) is 104 cm³/mol. The van der Waals surface area contributed by atoms with Gasteiger partial charge < -0.3 is 0 Å². The number of aromatic nitrogens is 2. The fraction of sp³-hybridized carbons (Fsp3) is 0.0526. The number of hydrogen-bond donors (Lipinski definition) is 0. The smallest absolute Gasteiger partial charge is 0.288 e. The van der Waals surface area contributed by atoms with Gasteiger partial charge in [0.15, 0.2) is 0 Å². The van der Waals surface area contributed by atoms with E-state index in [4.69, 9.17) is 0 Å². The van der Waals surface area contributed by atoms with Gasteiger partial charge >= 0.3 is 5.69 Å². The third kappa shape index (κ3) is 3.01. The summed E-state index contributed by atoms with van der Waals surface area (Å²) >= 11 is 1.19. The van der Waals surface area contributed by atoms with Crippen molar-refractivity contribution in [1.82, 2.24) is 9.13 Å². The third-order valence-electron chi connectivity index (χ3n) is 4.30. The number of benzene rings is 2. The average molecular weight is 397 g/mol. The summed E-state index contributed by atoms with van der Waals surface area (Å²) in [6, 6.07) is 12.7. The van der Waals surface area contributed by atoms with Crippen molar-refractivity contribution in [3.63, 3.8) is 0 Å². The molecule has 0 atom stereocenters. The summed E-state index contributed by atoms with van der Waals surface area (Å²) in [5.41, 5.74) is 0.0716. The number of fused-ring (bicyclic) bond motifs is 1. The van der Waals surface area contributed by atoms with Crippen LogP contribution in [0.1, 0.15) is 5.56 Å². The molecule has 4 aromatic rings. The minimum Gasteiger partial charge on any atom is -0.288 e. The maximum absolute atomic E-state index is 13.3. The standard InChI is InChI=1S/C19H12FN3O4S/c20-13-4-6-14(7-5-13)22-18(24)17-16(8-9-28-17)21(19(22)25)11-12-2-1-3-15(10-12)23(26)27/h1-10H,11H2. The first-order valence-electron chi connectivity index (χ1n) is 8.18.